The lowest BCUT2D eigenvalue weighted by Crippen LogP contribution is -2.19. The van der Waals surface area contributed by atoms with E-state index in [9.17, 15) is 4.79 Å². The van der Waals surface area contributed by atoms with Gasteiger partial charge in [-0.2, -0.15) is 9.78 Å². The Bertz CT molecular complexity index is 1200. The fraction of sp³-hybridized carbons (Fsp3) is 0.100. The maximum Gasteiger partial charge on any atom is 0.294 e. The standard InChI is InChI=1S/C20H18N8O3/c1-2-30-15-10-8-13(9-11-15)12-22-24-20(29)16-17(14-6-4-3-5-7-14)28(27-23-16)19-18(21)25-31-26-19/h3-12H,2H2,1H3,(H2,21,25)(H,24,29)/b22-12-. The van der Waals surface area contributed by atoms with Crippen LogP contribution < -0.4 is 15.9 Å². The third-order valence-electron chi connectivity index (χ3n) is 4.20. The molecule has 11 heteroatoms. The molecule has 0 aliphatic heterocycles. The number of amides is 1. The van der Waals surface area contributed by atoms with Gasteiger partial charge in [-0.3, -0.25) is 4.79 Å². The van der Waals surface area contributed by atoms with Gasteiger partial charge < -0.3 is 10.5 Å². The summed E-state index contributed by atoms with van der Waals surface area (Å²) in [6.45, 7) is 2.50. The summed E-state index contributed by atoms with van der Waals surface area (Å²) in [6.07, 6.45) is 1.51. The minimum absolute atomic E-state index is 0.0163. The molecule has 11 nitrogen and oxygen atoms in total. The molecule has 2 heterocycles. The Labute approximate surface area is 176 Å². The summed E-state index contributed by atoms with van der Waals surface area (Å²) >= 11 is 0. The predicted octanol–water partition coefficient (Wildman–Crippen LogP) is 2.06. The van der Waals surface area contributed by atoms with Crippen molar-refractivity contribution in [3.8, 4) is 22.8 Å². The largest absolute Gasteiger partial charge is 0.494 e. The topological polar surface area (TPSA) is 146 Å². The van der Waals surface area contributed by atoms with Crippen molar-refractivity contribution in [2.45, 2.75) is 6.92 Å². The average Bonchev–Trinajstić information content (AvgIpc) is 3.41. The van der Waals surface area contributed by atoms with Crippen molar-refractivity contribution in [3.05, 3.63) is 65.9 Å². The maximum absolute atomic E-state index is 12.8. The van der Waals surface area contributed by atoms with Gasteiger partial charge in [-0.25, -0.2) is 10.1 Å². The molecule has 4 rings (SSSR count). The second kappa shape index (κ2) is 8.86. The van der Waals surface area contributed by atoms with E-state index in [4.69, 9.17) is 10.5 Å². The normalized spacial score (nSPS) is 11.0. The maximum atomic E-state index is 12.8. The smallest absolute Gasteiger partial charge is 0.294 e. The SMILES string of the molecule is CCOc1ccc(/C=N\NC(=O)c2nnn(-c3nonc3N)c2-c2ccccc2)cc1. The molecule has 0 saturated carbocycles. The molecule has 0 aliphatic rings. The first-order valence-corrected chi connectivity index (χ1v) is 9.33. The molecule has 0 bridgehead atoms. The number of carbonyl (C=O) groups is 1. The zero-order valence-electron chi connectivity index (χ0n) is 16.5. The van der Waals surface area contributed by atoms with Gasteiger partial charge in [0.15, 0.2) is 5.69 Å². The number of nitrogens with one attached hydrogen (secondary N) is 1. The van der Waals surface area contributed by atoms with Gasteiger partial charge in [-0.15, -0.1) is 5.10 Å². The summed E-state index contributed by atoms with van der Waals surface area (Å²) in [5.74, 6) is 0.350. The molecular formula is C20H18N8O3. The highest BCUT2D eigenvalue weighted by Gasteiger charge is 2.24. The molecule has 31 heavy (non-hydrogen) atoms. The van der Waals surface area contributed by atoms with Gasteiger partial charge in [0.05, 0.1) is 12.8 Å². The van der Waals surface area contributed by atoms with E-state index >= 15 is 0 Å². The number of aromatic nitrogens is 5. The van der Waals surface area contributed by atoms with Crippen LogP contribution in [0.15, 0.2) is 64.3 Å². The number of carbonyl (C=O) groups excluding carboxylic acids is 1. The molecule has 2 aromatic carbocycles. The number of hydrogen-bond acceptors (Lipinski definition) is 9. The van der Waals surface area contributed by atoms with Crippen molar-refractivity contribution in [2.24, 2.45) is 5.10 Å². The molecule has 0 spiro atoms. The van der Waals surface area contributed by atoms with Gasteiger partial charge in [0, 0.05) is 5.56 Å². The third kappa shape index (κ3) is 4.24. The van der Waals surface area contributed by atoms with Crippen LogP contribution in [0.3, 0.4) is 0 Å². The second-order valence-corrected chi connectivity index (χ2v) is 6.24. The fourth-order valence-electron chi connectivity index (χ4n) is 2.81. The van der Waals surface area contributed by atoms with E-state index in [0.29, 0.717) is 17.9 Å². The quantitative estimate of drug-likeness (QED) is 0.342. The summed E-state index contributed by atoms with van der Waals surface area (Å²) in [4.78, 5) is 12.8. The van der Waals surface area contributed by atoms with E-state index in [2.05, 4.69) is 35.8 Å². The number of hydrazone groups is 1. The van der Waals surface area contributed by atoms with E-state index in [-0.39, 0.29) is 17.3 Å². The Balaban J connectivity index is 1.59. The van der Waals surface area contributed by atoms with E-state index in [1.807, 2.05) is 49.4 Å². The highest BCUT2D eigenvalue weighted by Crippen LogP contribution is 2.26. The van der Waals surface area contributed by atoms with E-state index in [1.54, 1.807) is 12.1 Å². The lowest BCUT2D eigenvalue weighted by molar-refractivity contribution is 0.0950. The fourth-order valence-corrected chi connectivity index (χ4v) is 2.81. The highest BCUT2D eigenvalue weighted by molar-refractivity contribution is 5.98. The Hall–Kier alpha value is -4.54. The Kier molecular flexibility index (Phi) is 5.65. The number of ether oxygens (including phenoxy) is 1. The first-order chi connectivity index (χ1) is 15.2. The molecule has 0 atom stereocenters. The number of anilines is 1. The van der Waals surface area contributed by atoms with Crippen LogP contribution >= 0.6 is 0 Å². The van der Waals surface area contributed by atoms with Crippen LogP contribution in [-0.2, 0) is 0 Å². The number of nitrogen functional groups attached to an aromatic ring is 1. The molecular weight excluding hydrogens is 400 g/mol. The van der Waals surface area contributed by atoms with Gasteiger partial charge in [0.1, 0.15) is 11.4 Å². The van der Waals surface area contributed by atoms with Gasteiger partial charge in [0.25, 0.3) is 5.91 Å². The average molecular weight is 418 g/mol. The van der Waals surface area contributed by atoms with Crippen molar-refractivity contribution >= 4 is 17.9 Å². The van der Waals surface area contributed by atoms with Crippen molar-refractivity contribution < 1.29 is 14.2 Å². The van der Waals surface area contributed by atoms with Gasteiger partial charge in [0.2, 0.25) is 11.6 Å². The lowest BCUT2D eigenvalue weighted by Gasteiger charge is -2.05. The molecule has 0 fully saturated rings. The third-order valence-corrected chi connectivity index (χ3v) is 4.20. The first-order valence-electron chi connectivity index (χ1n) is 9.33. The van der Waals surface area contributed by atoms with E-state index in [0.717, 1.165) is 11.3 Å². The number of nitrogens with zero attached hydrogens (tertiary/aromatic N) is 6. The molecule has 3 N–H and O–H groups in total. The van der Waals surface area contributed by atoms with Crippen molar-refractivity contribution in [2.75, 3.05) is 12.3 Å². The zero-order chi connectivity index (χ0) is 21.6. The molecule has 0 aliphatic carbocycles. The van der Waals surface area contributed by atoms with E-state index < -0.39 is 5.91 Å². The van der Waals surface area contributed by atoms with Crippen molar-refractivity contribution in [1.29, 1.82) is 0 Å². The first kappa shape index (κ1) is 19.8. The number of benzene rings is 2. The highest BCUT2D eigenvalue weighted by atomic mass is 16.6. The Morgan fingerprint density at radius 1 is 1.19 bits per heavy atom. The predicted molar refractivity (Wildman–Crippen MR) is 112 cm³/mol. The molecule has 156 valence electrons. The van der Waals surface area contributed by atoms with Crippen LogP contribution in [0.25, 0.3) is 17.1 Å². The summed E-state index contributed by atoms with van der Waals surface area (Å²) in [7, 11) is 0. The van der Waals surface area contributed by atoms with Crippen molar-refractivity contribution in [3.63, 3.8) is 0 Å². The number of nitrogens with two attached hydrogens (primary N) is 1. The van der Waals surface area contributed by atoms with Gasteiger partial charge in [-0.05, 0) is 47.1 Å². The summed E-state index contributed by atoms with van der Waals surface area (Å²) in [5.41, 5.74) is 10.1. The monoisotopic (exact) mass is 418 g/mol. The van der Waals surface area contributed by atoms with Crippen LogP contribution in [0.4, 0.5) is 5.82 Å². The van der Waals surface area contributed by atoms with Crippen LogP contribution in [0.5, 0.6) is 5.75 Å². The molecule has 0 radical (unpaired) electrons. The minimum atomic E-state index is -0.553. The second-order valence-electron chi connectivity index (χ2n) is 6.24. The minimum Gasteiger partial charge on any atom is -0.494 e. The molecule has 0 unspecified atom stereocenters. The summed E-state index contributed by atoms with van der Waals surface area (Å²) in [6, 6.07) is 16.4. The van der Waals surface area contributed by atoms with Crippen molar-refractivity contribution in [1.82, 2.24) is 30.7 Å². The molecule has 1 amide bonds. The summed E-state index contributed by atoms with van der Waals surface area (Å²) in [5, 5.41) is 19.3. The Morgan fingerprint density at radius 3 is 2.65 bits per heavy atom. The molecule has 0 saturated heterocycles. The Morgan fingerprint density at radius 2 is 1.97 bits per heavy atom. The number of hydrogen-bond donors (Lipinski definition) is 2. The summed E-state index contributed by atoms with van der Waals surface area (Å²) < 4.78 is 11.4. The lowest BCUT2D eigenvalue weighted by atomic mass is 10.1. The van der Waals surface area contributed by atoms with Gasteiger partial charge >= 0.3 is 0 Å². The zero-order valence-corrected chi connectivity index (χ0v) is 16.5. The number of rotatable bonds is 7. The van der Waals surface area contributed by atoms with Crippen LogP contribution in [0, 0.1) is 0 Å². The van der Waals surface area contributed by atoms with E-state index in [1.165, 1.54) is 10.9 Å². The molecule has 2 aromatic heterocycles. The van der Waals surface area contributed by atoms with Gasteiger partial charge in [-0.1, -0.05) is 35.5 Å². The molecule has 4 aromatic rings. The van der Waals surface area contributed by atoms with Crippen LogP contribution in [0.1, 0.15) is 23.0 Å². The van der Waals surface area contributed by atoms with Crippen LogP contribution in [0.2, 0.25) is 0 Å². The van der Waals surface area contributed by atoms with Crippen LogP contribution in [-0.4, -0.2) is 44.0 Å².